The first kappa shape index (κ1) is 17.4. The Morgan fingerprint density at radius 1 is 1.10 bits per heavy atom. The number of pyridine rings is 2. The number of aliphatic hydroxyl groups is 1. The molecule has 2 aromatic heterocycles. The predicted molar refractivity (Wildman–Crippen MR) is 80.9 cm³/mol. The molecule has 0 bridgehead atoms. The van der Waals surface area contributed by atoms with Gasteiger partial charge in [0.25, 0.3) is 0 Å². The first-order valence-electron chi connectivity index (χ1n) is 5.92. The maximum absolute atomic E-state index is 10.5. The van der Waals surface area contributed by atoms with E-state index in [9.17, 15) is 4.79 Å². The summed E-state index contributed by atoms with van der Waals surface area (Å²) in [5.74, 6) is -0.980. The number of hydrogen-bond donors (Lipinski definition) is 2. The molecule has 0 saturated carbocycles. The molecule has 0 fully saturated rings. The number of aromatic carboxylic acids is 1. The van der Waals surface area contributed by atoms with Crippen LogP contribution in [0.5, 0.6) is 0 Å². The quantitative estimate of drug-likeness (QED) is 0.826. The van der Waals surface area contributed by atoms with E-state index >= 15 is 0 Å². The van der Waals surface area contributed by atoms with Gasteiger partial charge in [0.05, 0.1) is 12.2 Å². The van der Waals surface area contributed by atoms with Gasteiger partial charge in [0, 0.05) is 12.4 Å². The van der Waals surface area contributed by atoms with Crippen molar-refractivity contribution >= 4 is 29.2 Å². The standard InChI is InChI=1S/C7H6ClNO2.C7H8ClNO/c1-4-3-9-6(8)2-5(4)7(10)11;1-5-3-9-7(8)2-6(5)4-10/h2-3H,1H3,(H,10,11);2-3,10H,4H2,1H3. The van der Waals surface area contributed by atoms with Gasteiger partial charge in [0.1, 0.15) is 10.3 Å². The average Bonchev–Trinajstić information content (AvgIpc) is 2.44. The summed E-state index contributed by atoms with van der Waals surface area (Å²) in [6.07, 6.45) is 3.08. The smallest absolute Gasteiger partial charge is 0.336 e. The third-order valence-electron chi connectivity index (χ3n) is 2.65. The SMILES string of the molecule is Cc1cnc(Cl)cc1C(=O)O.Cc1cnc(Cl)cc1CO. The first-order valence-corrected chi connectivity index (χ1v) is 6.68. The Morgan fingerprint density at radius 3 is 2.05 bits per heavy atom. The third-order valence-corrected chi connectivity index (χ3v) is 3.07. The van der Waals surface area contributed by atoms with Crippen LogP contribution < -0.4 is 0 Å². The number of nitrogens with zero attached hydrogens (tertiary/aromatic N) is 2. The summed E-state index contributed by atoms with van der Waals surface area (Å²) in [7, 11) is 0. The largest absolute Gasteiger partial charge is 0.478 e. The number of carboxylic acid groups (broad SMARTS) is 1. The monoisotopic (exact) mass is 328 g/mol. The van der Waals surface area contributed by atoms with Gasteiger partial charge >= 0.3 is 5.97 Å². The second-order valence-corrected chi connectivity index (χ2v) is 4.99. The summed E-state index contributed by atoms with van der Waals surface area (Å²) < 4.78 is 0. The molecule has 2 heterocycles. The van der Waals surface area contributed by atoms with Crippen LogP contribution in [0.1, 0.15) is 27.0 Å². The maximum Gasteiger partial charge on any atom is 0.336 e. The van der Waals surface area contributed by atoms with E-state index in [1.807, 2.05) is 6.92 Å². The van der Waals surface area contributed by atoms with Crippen molar-refractivity contribution in [3.8, 4) is 0 Å². The maximum atomic E-state index is 10.5. The molecule has 0 unspecified atom stereocenters. The molecule has 5 nitrogen and oxygen atoms in total. The summed E-state index contributed by atoms with van der Waals surface area (Å²) in [6.45, 7) is 3.58. The lowest BCUT2D eigenvalue weighted by atomic mass is 10.2. The van der Waals surface area contributed by atoms with E-state index in [4.69, 9.17) is 33.4 Å². The number of halogens is 2. The highest BCUT2D eigenvalue weighted by atomic mass is 35.5. The molecule has 0 atom stereocenters. The summed E-state index contributed by atoms with van der Waals surface area (Å²) in [4.78, 5) is 18.1. The normalized spacial score (nSPS) is 9.76. The lowest BCUT2D eigenvalue weighted by molar-refractivity contribution is 0.0696. The molecule has 2 rings (SSSR count). The van der Waals surface area contributed by atoms with Crippen LogP contribution in [0.3, 0.4) is 0 Å². The molecule has 0 radical (unpaired) electrons. The summed E-state index contributed by atoms with van der Waals surface area (Å²) in [5, 5.41) is 18.0. The summed E-state index contributed by atoms with van der Waals surface area (Å²) in [6, 6.07) is 3.00. The number of carboxylic acids is 1. The number of aliphatic hydroxyl groups excluding tert-OH is 1. The number of carbonyl (C=O) groups is 1. The zero-order chi connectivity index (χ0) is 16.0. The molecule has 7 heteroatoms. The molecule has 0 aliphatic heterocycles. The van der Waals surface area contributed by atoms with Crippen LogP contribution in [-0.2, 0) is 6.61 Å². The van der Waals surface area contributed by atoms with Gasteiger partial charge in [-0.05, 0) is 42.7 Å². The van der Waals surface area contributed by atoms with Crippen LogP contribution in [0.4, 0.5) is 0 Å². The topological polar surface area (TPSA) is 83.3 Å². The Hall–Kier alpha value is -1.69. The highest BCUT2D eigenvalue weighted by Gasteiger charge is 2.06. The van der Waals surface area contributed by atoms with E-state index < -0.39 is 5.97 Å². The molecular weight excluding hydrogens is 315 g/mol. The Balaban J connectivity index is 0.000000211. The van der Waals surface area contributed by atoms with Gasteiger partial charge in [-0.15, -0.1) is 0 Å². The van der Waals surface area contributed by atoms with Crippen molar-refractivity contribution in [3.63, 3.8) is 0 Å². The van der Waals surface area contributed by atoms with E-state index in [1.54, 1.807) is 19.2 Å². The molecule has 0 saturated heterocycles. The Labute approximate surface area is 132 Å². The number of aromatic nitrogens is 2. The van der Waals surface area contributed by atoms with E-state index in [2.05, 4.69) is 9.97 Å². The highest BCUT2D eigenvalue weighted by molar-refractivity contribution is 6.29. The molecule has 0 aliphatic carbocycles. The van der Waals surface area contributed by atoms with Crippen molar-refractivity contribution in [1.82, 2.24) is 9.97 Å². The number of aryl methyl sites for hydroxylation is 2. The van der Waals surface area contributed by atoms with Crippen LogP contribution in [0.2, 0.25) is 10.3 Å². The Morgan fingerprint density at radius 2 is 1.62 bits per heavy atom. The average molecular weight is 329 g/mol. The fraction of sp³-hybridized carbons (Fsp3) is 0.214. The summed E-state index contributed by atoms with van der Waals surface area (Å²) in [5.41, 5.74) is 2.61. The molecule has 0 aromatic carbocycles. The van der Waals surface area contributed by atoms with Crippen molar-refractivity contribution in [2.75, 3.05) is 0 Å². The van der Waals surface area contributed by atoms with Crippen molar-refractivity contribution < 1.29 is 15.0 Å². The zero-order valence-corrected chi connectivity index (χ0v) is 13.0. The fourth-order valence-corrected chi connectivity index (χ4v) is 1.77. The second kappa shape index (κ2) is 7.93. The predicted octanol–water partition coefficient (Wildman–Crippen LogP) is 3.28. The van der Waals surface area contributed by atoms with E-state index in [1.165, 1.54) is 12.3 Å². The van der Waals surface area contributed by atoms with Crippen molar-refractivity contribution in [2.24, 2.45) is 0 Å². The number of rotatable bonds is 2. The molecule has 21 heavy (non-hydrogen) atoms. The fourth-order valence-electron chi connectivity index (χ4n) is 1.44. The van der Waals surface area contributed by atoms with Crippen molar-refractivity contribution in [2.45, 2.75) is 20.5 Å². The van der Waals surface area contributed by atoms with E-state index in [0.29, 0.717) is 10.7 Å². The van der Waals surface area contributed by atoms with Gasteiger partial charge in [-0.2, -0.15) is 0 Å². The Kier molecular flexibility index (Phi) is 6.55. The lowest BCUT2D eigenvalue weighted by Crippen LogP contribution is -1.99. The highest BCUT2D eigenvalue weighted by Crippen LogP contribution is 2.12. The van der Waals surface area contributed by atoms with Gasteiger partial charge in [-0.3, -0.25) is 0 Å². The Bertz CT molecular complexity index is 648. The molecule has 112 valence electrons. The number of hydrogen-bond acceptors (Lipinski definition) is 4. The van der Waals surface area contributed by atoms with Gasteiger partial charge in [-0.25, -0.2) is 14.8 Å². The van der Waals surface area contributed by atoms with Crippen molar-refractivity contribution in [1.29, 1.82) is 0 Å². The van der Waals surface area contributed by atoms with Gasteiger partial charge < -0.3 is 10.2 Å². The minimum atomic E-state index is -0.980. The van der Waals surface area contributed by atoms with Gasteiger partial charge in [-0.1, -0.05) is 23.2 Å². The van der Waals surface area contributed by atoms with Crippen LogP contribution in [-0.4, -0.2) is 26.2 Å². The minimum absolute atomic E-state index is 0.0219. The molecular formula is C14H14Cl2N2O3. The summed E-state index contributed by atoms with van der Waals surface area (Å²) >= 11 is 11.1. The third kappa shape index (κ3) is 5.30. The lowest BCUT2D eigenvalue weighted by Gasteiger charge is -1.99. The molecule has 0 amide bonds. The zero-order valence-electron chi connectivity index (χ0n) is 11.5. The first-order chi connectivity index (χ1) is 9.85. The van der Waals surface area contributed by atoms with Gasteiger partial charge in [0.15, 0.2) is 0 Å². The molecule has 0 spiro atoms. The molecule has 2 aromatic rings. The minimum Gasteiger partial charge on any atom is -0.478 e. The van der Waals surface area contributed by atoms with Crippen LogP contribution in [0.15, 0.2) is 24.5 Å². The molecule has 2 N–H and O–H groups in total. The van der Waals surface area contributed by atoms with E-state index in [-0.39, 0.29) is 17.3 Å². The van der Waals surface area contributed by atoms with Crippen LogP contribution in [0, 0.1) is 13.8 Å². The van der Waals surface area contributed by atoms with Crippen LogP contribution in [0.25, 0.3) is 0 Å². The molecule has 0 aliphatic rings. The second-order valence-electron chi connectivity index (χ2n) is 4.22. The van der Waals surface area contributed by atoms with Gasteiger partial charge in [0.2, 0.25) is 0 Å². The van der Waals surface area contributed by atoms with Crippen LogP contribution >= 0.6 is 23.2 Å². The van der Waals surface area contributed by atoms with E-state index in [0.717, 1.165) is 11.1 Å². The van der Waals surface area contributed by atoms with Crippen molar-refractivity contribution in [3.05, 3.63) is 57.1 Å².